The van der Waals surface area contributed by atoms with Gasteiger partial charge in [-0.3, -0.25) is 0 Å². The number of ether oxygens (including phenoxy) is 2. The average molecular weight is 259 g/mol. The van der Waals surface area contributed by atoms with Crippen molar-refractivity contribution in [2.45, 2.75) is 20.3 Å². The molecule has 5 nitrogen and oxygen atoms in total. The molecule has 2 aromatic rings. The Kier molecular flexibility index (Phi) is 3.85. The fourth-order valence-corrected chi connectivity index (χ4v) is 1.74. The van der Waals surface area contributed by atoms with Gasteiger partial charge in [-0.25, -0.2) is 4.98 Å². The van der Waals surface area contributed by atoms with Gasteiger partial charge in [0, 0.05) is 6.07 Å². The summed E-state index contributed by atoms with van der Waals surface area (Å²) in [7, 11) is 1.61. The number of nitrogen functional groups attached to an aromatic ring is 1. The van der Waals surface area contributed by atoms with Crippen LogP contribution in [0.2, 0.25) is 0 Å². The molecule has 0 fully saturated rings. The minimum atomic E-state index is 0.381. The van der Waals surface area contributed by atoms with Crippen molar-refractivity contribution in [3.8, 4) is 17.4 Å². The van der Waals surface area contributed by atoms with Crippen molar-refractivity contribution in [3.63, 3.8) is 0 Å². The molecule has 0 spiro atoms. The first kappa shape index (κ1) is 13.1. The molecule has 0 saturated heterocycles. The zero-order chi connectivity index (χ0) is 13.8. The number of aryl methyl sites for hydroxylation is 2. The van der Waals surface area contributed by atoms with Crippen molar-refractivity contribution in [2.24, 2.45) is 0 Å². The summed E-state index contributed by atoms with van der Waals surface area (Å²) in [6.45, 7) is 3.85. The second kappa shape index (κ2) is 5.56. The normalized spacial score (nSPS) is 10.3. The van der Waals surface area contributed by atoms with Gasteiger partial charge in [0.05, 0.1) is 7.11 Å². The molecule has 0 bridgehead atoms. The third kappa shape index (κ3) is 3.13. The van der Waals surface area contributed by atoms with E-state index >= 15 is 0 Å². The van der Waals surface area contributed by atoms with Crippen molar-refractivity contribution < 1.29 is 9.47 Å². The molecule has 0 radical (unpaired) electrons. The van der Waals surface area contributed by atoms with Gasteiger partial charge in [-0.2, -0.15) is 4.98 Å². The molecule has 1 aromatic heterocycles. The monoisotopic (exact) mass is 259 g/mol. The van der Waals surface area contributed by atoms with Crippen LogP contribution in [0.15, 0.2) is 24.3 Å². The van der Waals surface area contributed by atoms with Gasteiger partial charge >= 0.3 is 0 Å². The van der Waals surface area contributed by atoms with E-state index in [1.54, 1.807) is 20.1 Å². The van der Waals surface area contributed by atoms with E-state index in [4.69, 9.17) is 15.2 Å². The summed E-state index contributed by atoms with van der Waals surface area (Å²) in [5.41, 5.74) is 6.85. The molecule has 0 saturated carbocycles. The van der Waals surface area contributed by atoms with Crippen LogP contribution in [0, 0.1) is 6.92 Å². The molecule has 0 unspecified atom stereocenters. The molecule has 100 valence electrons. The number of nitrogens with zero attached hydrogens (tertiary/aromatic N) is 2. The zero-order valence-corrected chi connectivity index (χ0v) is 11.3. The van der Waals surface area contributed by atoms with E-state index in [0.717, 1.165) is 6.42 Å². The Hall–Kier alpha value is -2.30. The van der Waals surface area contributed by atoms with Crippen LogP contribution in [-0.2, 0) is 6.42 Å². The van der Waals surface area contributed by atoms with Crippen molar-refractivity contribution in [1.82, 2.24) is 9.97 Å². The highest BCUT2D eigenvalue weighted by molar-refractivity contribution is 5.45. The van der Waals surface area contributed by atoms with Crippen molar-refractivity contribution in [1.29, 1.82) is 0 Å². The molecule has 2 rings (SSSR count). The van der Waals surface area contributed by atoms with E-state index in [0.29, 0.717) is 29.0 Å². The number of benzene rings is 1. The van der Waals surface area contributed by atoms with E-state index in [2.05, 4.69) is 16.9 Å². The summed E-state index contributed by atoms with van der Waals surface area (Å²) >= 11 is 0. The molecule has 2 N–H and O–H groups in total. The molecule has 19 heavy (non-hydrogen) atoms. The predicted molar refractivity (Wildman–Crippen MR) is 73.6 cm³/mol. The van der Waals surface area contributed by atoms with Gasteiger partial charge in [0.2, 0.25) is 5.88 Å². The summed E-state index contributed by atoms with van der Waals surface area (Å²) in [5.74, 6) is 2.64. The van der Waals surface area contributed by atoms with Crippen LogP contribution in [0.5, 0.6) is 17.4 Å². The largest absolute Gasteiger partial charge is 0.493 e. The lowest BCUT2D eigenvalue weighted by atomic mass is 10.1. The minimum absolute atomic E-state index is 0.381. The maximum Gasteiger partial charge on any atom is 0.224 e. The van der Waals surface area contributed by atoms with E-state index in [1.807, 2.05) is 18.2 Å². The molecular formula is C14H17N3O2. The summed E-state index contributed by atoms with van der Waals surface area (Å²) in [6.07, 6.45) is 0.941. The highest BCUT2D eigenvalue weighted by Gasteiger charge is 2.08. The Morgan fingerprint density at radius 1 is 1.16 bits per heavy atom. The SMILES string of the molecule is CCc1ccc(Oc2cc(N)nc(C)n2)c(OC)c1. The third-order valence-corrected chi connectivity index (χ3v) is 2.69. The minimum Gasteiger partial charge on any atom is -0.493 e. The number of aromatic nitrogens is 2. The predicted octanol–water partition coefficient (Wildman–Crippen LogP) is 2.73. The number of rotatable bonds is 4. The van der Waals surface area contributed by atoms with Gasteiger partial charge < -0.3 is 15.2 Å². The number of hydrogen-bond donors (Lipinski definition) is 1. The lowest BCUT2D eigenvalue weighted by Crippen LogP contribution is -1.99. The first-order valence-corrected chi connectivity index (χ1v) is 6.08. The topological polar surface area (TPSA) is 70.3 Å². The smallest absolute Gasteiger partial charge is 0.224 e. The quantitative estimate of drug-likeness (QED) is 0.914. The number of nitrogens with two attached hydrogens (primary N) is 1. The van der Waals surface area contributed by atoms with Crippen molar-refractivity contribution >= 4 is 5.82 Å². The van der Waals surface area contributed by atoms with Gasteiger partial charge in [0.25, 0.3) is 0 Å². The zero-order valence-electron chi connectivity index (χ0n) is 11.3. The second-order valence-electron chi connectivity index (χ2n) is 4.12. The molecule has 1 heterocycles. The van der Waals surface area contributed by atoms with Crippen molar-refractivity contribution in [3.05, 3.63) is 35.7 Å². The van der Waals surface area contributed by atoms with Crippen LogP contribution >= 0.6 is 0 Å². The molecule has 5 heteroatoms. The van der Waals surface area contributed by atoms with Gasteiger partial charge in [0.15, 0.2) is 11.5 Å². The van der Waals surface area contributed by atoms with Gasteiger partial charge in [-0.05, 0) is 31.0 Å². The summed E-state index contributed by atoms with van der Waals surface area (Å²) in [4.78, 5) is 8.18. The average Bonchev–Trinajstić information content (AvgIpc) is 2.38. The Morgan fingerprint density at radius 3 is 2.58 bits per heavy atom. The molecule has 0 atom stereocenters. The number of hydrogen-bond acceptors (Lipinski definition) is 5. The van der Waals surface area contributed by atoms with E-state index in [1.165, 1.54) is 5.56 Å². The second-order valence-corrected chi connectivity index (χ2v) is 4.12. The summed E-state index contributed by atoms with van der Waals surface area (Å²) in [5, 5.41) is 0. The summed E-state index contributed by atoms with van der Waals surface area (Å²) in [6, 6.07) is 7.40. The highest BCUT2D eigenvalue weighted by Crippen LogP contribution is 2.32. The number of methoxy groups -OCH3 is 1. The number of anilines is 1. The molecular weight excluding hydrogens is 242 g/mol. The van der Waals surface area contributed by atoms with Gasteiger partial charge in [-0.15, -0.1) is 0 Å². The van der Waals surface area contributed by atoms with Crippen LogP contribution in [0.1, 0.15) is 18.3 Å². The molecule has 0 aliphatic heterocycles. The summed E-state index contributed by atoms with van der Waals surface area (Å²) < 4.78 is 11.0. The van der Waals surface area contributed by atoms with Crippen LogP contribution < -0.4 is 15.2 Å². The van der Waals surface area contributed by atoms with E-state index < -0.39 is 0 Å². The lowest BCUT2D eigenvalue weighted by molar-refractivity contribution is 0.373. The fourth-order valence-electron chi connectivity index (χ4n) is 1.74. The highest BCUT2D eigenvalue weighted by atomic mass is 16.5. The Bertz CT molecular complexity index is 565. The van der Waals surface area contributed by atoms with Gasteiger partial charge in [-0.1, -0.05) is 13.0 Å². The lowest BCUT2D eigenvalue weighted by Gasteiger charge is -2.11. The van der Waals surface area contributed by atoms with E-state index in [-0.39, 0.29) is 0 Å². The Morgan fingerprint density at radius 2 is 1.95 bits per heavy atom. The third-order valence-electron chi connectivity index (χ3n) is 2.69. The van der Waals surface area contributed by atoms with Crippen LogP contribution in [0.4, 0.5) is 5.82 Å². The van der Waals surface area contributed by atoms with E-state index in [9.17, 15) is 0 Å². The van der Waals surface area contributed by atoms with Crippen LogP contribution in [0.25, 0.3) is 0 Å². The maximum atomic E-state index is 5.71. The molecule has 0 aliphatic carbocycles. The van der Waals surface area contributed by atoms with Gasteiger partial charge in [0.1, 0.15) is 11.6 Å². The van der Waals surface area contributed by atoms with Crippen LogP contribution in [0.3, 0.4) is 0 Å². The molecule has 1 aromatic carbocycles. The first-order valence-electron chi connectivity index (χ1n) is 6.08. The standard InChI is InChI=1S/C14H17N3O2/c1-4-10-5-6-11(12(7-10)18-3)19-14-8-13(15)16-9(2)17-14/h5-8H,4H2,1-3H3,(H2,15,16,17). The fraction of sp³-hybridized carbons (Fsp3) is 0.286. The van der Waals surface area contributed by atoms with Crippen molar-refractivity contribution in [2.75, 3.05) is 12.8 Å². The first-order chi connectivity index (χ1) is 9.12. The maximum absolute atomic E-state index is 5.71. The Labute approximate surface area is 112 Å². The van der Waals surface area contributed by atoms with Crippen LogP contribution in [-0.4, -0.2) is 17.1 Å². The molecule has 0 aliphatic rings. The Balaban J connectivity index is 2.32. The molecule has 0 amide bonds.